The molecule has 2 aliphatic heterocycles. The molecule has 0 unspecified atom stereocenters. The van der Waals surface area contributed by atoms with E-state index < -0.39 is 26.7 Å². The van der Waals surface area contributed by atoms with Crippen molar-refractivity contribution in [1.29, 1.82) is 0 Å². The fourth-order valence-corrected chi connectivity index (χ4v) is 5.69. The van der Waals surface area contributed by atoms with Crippen LogP contribution in [0.25, 0.3) is 0 Å². The monoisotopic (exact) mass is 387 g/mol. The van der Waals surface area contributed by atoms with E-state index in [9.17, 15) is 13.2 Å². The molecule has 1 fully saturated rings. The van der Waals surface area contributed by atoms with E-state index in [0.29, 0.717) is 17.9 Å². The number of benzene rings is 2. The van der Waals surface area contributed by atoms with Gasteiger partial charge in [0.2, 0.25) is 5.91 Å². The molecule has 2 aromatic rings. The van der Waals surface area contributed by atoms with Gasteiger partial charge in [-0.05, 0) is 49.2 Å². The molecule has 0 saturated carbocycles. The van der Waals surface area contributed by atoms with E-state index in [-0.39, 0.29) is 10.9 Å². The minimum atomic E-state index is -3.94. The van der Waals surface area contributed by atoms with E-state index in [4.69, 9.17) is 9.47 Å². The van der Waals surface area contributed by atoms with Crippen molar-refractivity contribution in [3.8, 4) is 5.75 Å². The molecule has 0 bridgehead atoms. The summed E-state index contributed by atoms with van der Waals surface area (Å²) in [5, 5.41) is -1.33. The normalized spacial score (nSPS) is 23.7. The number of hydrogen-bond acceptors (Lipinski definition) is 5. The summed E-state index contributed by atoms with van der Waals surface area (Å²) in [4.78, 5) is 15.1. The predicted molar refractivity (Wildman–Crippen MR) is 99.0 cm³/mol. The second-order valence-electron chi connectivity index (χ2n) is 7.21. The van der Waals surface area contributed by atoms with E-state index in [0.717, 1.165) is 5.56 Å². The summed E-state index contributed by atoms with van der Waals surface area (Å²) in [6.45, 7) is 3.90. The van der Waals surface area contributed by atoms with E-state index >= 15 is 0 Å². The molecule has 0 aromatic heterocycles. The second-order valence-corrected chi connectivity index (χ2v) is 9.25. The lowest BCUT2D eigenvalue weighted by Gasteiger charge is -2.41. The first-order valence-electron chi connectivity index (χ1n) is 8.71. The zero-order valence-electron chi connectivity index (χ0n) is 15.4. The molecule has 2 aromatic carbocycles. The van der Waals surface area contributed by atoms with E-state index in [2.05, 4.69) is 0 Å². The topological polar surface area (TPSA) is 72.9 Å². The van der Waals surface area contributed by atoms with Crippen LogP contribution in [0.5, 0.6) is 5.75 Å². The molecule has 4 rings (SSSR count). The van der Waals surface area contributed by atoms with Crippen molar-refractivity contribution in [2.24, 2.45) is 0 Å². The molecule has 1 saturated heterocycles. The summed E-state index contributed by atoms with van der Waals surface area (Å²) in [7, 11) is -2.43. The molecular weight excluding hydrogens is 366 g/mol. The van der Waals surface area contributed by atoms with Crippen LogP contribution >= 0.6 is 0 Å². The number of hydrogen-bond donors (Lipinski definition) is 0. The van der Waals surface area contributed by atoms with Gasteiger partial charge < -0.3 is 14.4 Å². The number of amides is 1. The smallest absolute Gasteiger partial charge is 0.248 e. The molecule has 0 spiro atoms. The maximum atomic E-state index is 13.4. The number of carbonyl (C=O) groups is 1. The van der Waals surface area contributed by atoms with Crippen LogP contribution in [0.2, 0.25) is 0 Å². The summed E-state index contributed by atoms with van der Waals surface area (Å²) >= 11 is 0. The molecule has 2 aliphatic rings. The molecule has 0 aliphatic carbocycles. The lowest BCUT2D eigenvalue weighted by Crippen LogP contribution is -2.51. The third kappa shape index (κ3) is 2.64. The SMILES string of the molecule is COc1ccc2c(c1)[C@@H](S(=O)(=O)c1ccccc1)C(=O)N1[C@@H]2COC1(C)C. The highest BCUT2D eigenvalue weighted by Gasteiger charge is 2.54. The highest BCUT2D eigenvalue weighted by atomic mass is 32.2. The Labute approximate surface area is 158 Å². The van der Waals surface area contributed by atoms with Crippen molar-refractivity contribution in [2.75, 3.05) is 13.7 Å². The van der Waals surface area contributed by atoms with Crippen molar-refractivity contribution >= 4 is 15.7 Å². The number of carbonyl (C=O) groups excluding carboxylic acids is 1. The molecule has 6 nitrogen and oxygen atoms in total. The molecule has 0 N–H and O–H groups in total. The number of rotatable bonds is 3. The maximum Gasteiger partial charge on any atom is 0.248 e. The van der Waals surface area contributed by atoms with Gasteiger partial charge in [-0.2, -0.15) is 0 Å². The number of ether oxygens (including phenoxy) is 2. The largest absolute Gasteiger partial charge is 0.497 e. The molecule has 7 heteroatoms. The number of fused-ring (bicyclic) bond motifs is 3. The summed E-state index contributed by atoms with van der Waals surface area (Å²) in [5.74, 6) is 0.0496. The van der Waals surface area contributed by atoms with Gasteiger partial charge >= 0.3 is 0 Å². The van der Waals surface area contributed by atoms with Gasteiger partial charge in [0.15, 0.2) is 15.1 Å². The average molecular weight is 387 g/mol. The minimum Gasteiger partial charge on any atom is -0.497 e. The van der Waals surface area contributed by atoms with Gasteiger partial charge in [0.1, 0.15) is 11.5 Å². The quantitative estimate of drug-likeness (QED) is 0.810. The Morgan fingerprint density at radius 3 is 2.48 bits per heavy atom. The van der Waals surface area contributed by atoms with Crippen molar-refractivity contribution in [3.63, 3.8) is 0 Å². The highest BCUT2D eigenvalue weighted by Crippen LogP contribution is 2.49. The van der Waals surface area contributed by atoms with Crippen LogP contribution in [0.1, 0.15) is 36.3 Å². The Morgan fingerprint density at radius 1 is 1.11 bits per heavy atom. The molecule has 2 atom stereocenters. The summed E-state index contributed by atoms with van der Waals surface area (Å²) in [5.41, 5.74) is 0.375. The van der Waals surface area contributed by atoms with E-state index in [1.54, 1.807) is 49.1 Å². The van der Waals surface area contributed by atoms with Gasteiger partial charge in [-0.1, -0.05) is 24.3 Å². The highest BCUT2D eigenvalue weighted by molar-refractivity contribution is 7.92. The zero-order chi connectivity index (χ0) is 19.4. The Bertz CT molecular complexity index is 1000. The predicted octanol–water partition coefficient (Wildman–Crippen LogP) is 2.86. The number of methoxy groups -OCH3 is 1. The summed E-state index contributed by atoms with van der Waals surface area (Å²) < 4.78 is 38.0. The van der Waals surface area contributed by atoms with Crippen molar-refractivity contribution in [2.45, 2.75) is 35.8 Å². The number of sulfone groups is 1. The Kier molecular flexibility index (Phi) is 4.05. The van der Waals surface area contributed by atoms with Gasteiger partial charge in [-0.25, -0.2) is 8.42 Å². The van der Waals surface area contributed by atoms with Crippen molar-refractivity contribution in [3.05, 3.63) is 59.7 Å². The fourth-order valence-electron chi connectivity index (χ4n) is 3.97. The summed E-state index contributed by atoms with van der Waals surface area (Å²) in [6.07, 6.45) is 0. The van der Waals surface area contributed by atoms with Gasteiger partial charge in [0.25, 0.3) is 0 Å². The van der Waals surface area contributed by atoms with E-state index in [1.807, 2.05) is 6.07 Å². The lowest BCUT2D eigenvalue weighted by molar-refractivity contribution is -0.146. The number of nitrogens with zero attached hydrogens (tertiary/aromatic N) is 1. The average Bonchev–Trinajstić information content (AvgIpc) is 2.98. The van der Waals surface area contributed by atoms with Crippen LogP contribution in [-0.2, 0) is 19.4 Å². The fraction of sp³-hybridized carbons (Fsp3) is 0.350. The van der Waals surface area contributed by atoms with Gasteiger partial charge in [-0.15, -0.1) is 0 Å². The first-order valence-corrected chi connectivity index (χ1v) is 10.3. The molecule has 0 radical (unpaired) electrons. The van der Waals surface area contributed by atoms with Crippen LogP contribution in [-0.4, -0.2) is 38.7 Å². The van der Waals surface area contributed by atoms with Gasteiger partial charge in [0.05, 0.1) is 24.7 Å². The third-order valence-corrected chi connectivity index (χ3v) is 7.27. The van der Waals surface area contributed by atoms with Crippen LogP contribution in [0.15, 0.2) is 53.4 Å². The van der Waals surface area contributed by atoms with Gasteiger partial charge in [0, 0.05) is 0 Å². The van der Waals surface area contributed by atoms with Crippen LogP contribution in [0.4, 0.5) is 0 Å². The first-order chi connectivity index (χ1) is 12.8. The van der Waals surface area contributed by atoms with Crippen molar-refractivity contribution in [1.82, 2.24) is 4.90 Å². The lowest BCUT2D eigenvalue weighted by atomic mass is 9.91. The standard InChI is InChI=1S/C20H21NO5S/c1-20(2)21-17(12-26-20)15-10-9-13(25-3)11-16(15)18(19(21)22)27(23,24)14-7-5-4-6-8-14/h4-11,17-18H,12H2,1-3H3/t17-,18-/m1/s1. The Morgan fingerprint density at radius 2 is 1.81 bits per heavy atom. The van der Waals surface area contributed by atoms with Crippen LogP contribution in [0, 0.1) is 0 Å². The van der Waals surface area contributed by atoms with Crippen molar-refractivity contribution < 1.29 is 22.7 Å². The second kappa shape index (κ2) is 6.07. The molecule has 1 amide bonds. The van der Waals surface area contributed by atoms with Crippen LogP contribution < -0.4 is 4.74 Å². The molecule has 2 heterocycles. The Balaban J connectivity index is 1.96. The maximum absolute atomic E-state index is 13.4. The van der Waals surface area contributed by atoms with E-state index in [1.165, 1.54) is 19.2 Å². The minimum absolute atomic E-state index is 0.119. The molecule has 142 valence electrons. The first kappa shape index (κ1) is 18.0. The van der Waals surface area contributed by atoms with Gasteiger partial charge in [-0.3, -0.25) is 4.79 Å². The van der Waals surface area contributed by atoms with Crippen LogP contribution in [0.3, 0.4) is 0 Å². The molecular formula is C20H21NO5S. The Hall–Kier alpha value is -2.38. The summed E-state index contributed by atoms with van der Waals surface area (Å²) in [6, 6.07) is 13.0. The molecule has 27 heavy (non-hydrogen) atoms. The zero-order valence-corrected chi connectivity index (χ0v) is 16.2. The third-order valence-electron chi connectivity index (χ3n) is 5.27.